The van der Waals surface area contributed by atoms with Gasteiger partial charge in [-0.25, -0.2) is 26.9 Å². The first-order chi connectivity index (χ1) is 13.8. The third-order valence-corrected chi connectivity index (χ3v) is 3.84. The van der Waals surface area contributed by atoms with Gasteiger partial charge >= 0.3 is 0 Å². The summed E-state index contributed by atoms with van der Waals surface area (Å²) in [5, 5.41) is 5.88. The molecule has 0 saturated heterocycles. The Morgan fingerprint density at radius 3 is 2.21 bits per heavy atom. The van der Waals surface area contributed by atoms with Gasteiger partial charge in [0.05, 0.1) is 11.1 Å². The van der Waals surface area contributed by atoms with E-state index in [2.05, 4.69) is 10.1 Å². The molecule has 29 heavy (non-hydrogen) atoms. The molecule has 10 heteroatoms. The highest BCUT2D eigenvalue weighted by molar-refractivity contribution is 6.02. The molecular weight excluding hydrogens is 395 g/mol. The Labute approximate surface area is 162 Å². The first-order valence-corrected chi connectivity index (χ1v) is 8.28. The quantitative estimate of drug-likeness (QED) is 0.160. The number of hydrogen-bond acceptors (Lipinski definition) is 4. The van der Waals surface area contributed by atoms with Crippen molar-refractivity contribution in [2.75, 3.05) is 14.1 Å². The van der Waals surface area contributed by atoms with Crippen molar-refractivity contribution in [1.29, 1.82) is 0 Å². The van der Waals surface area contributed by atoms with Crippen LogP contribution in [0.5, 0.6) is 5.75 Å². The average molecular weight is 410 g/mol. The van der Waals surface area contributed by atoms with Gasteiger partial charge < -0.3 is 9.75 Å². The summed E-state index contributed by atoms with van der Waals surface area (Å²) in [5.41, 5.74) is -0.645. The number of imidazole rings is 1. The normalized spacial score (nSPS) is 11.6. The van der Waals surface area contributed by atoms with E-state index in [-0.39, 0.29) is 5.75 Å². The smallest absolute Gasteiger partial charge is 0.200 e. The van der Waals surface area contributed by atoms with Gasteiger partial charge in [0, 0.05) is 26.5 Å². The van der Waals surface area contributed by atoms with Crippen molar-refractivity contribution < 1.29 is 26.7 Å². The molecule has 0 aliphatic rings. The number of rotatable bonds is 5. The van der Waals surface area contributed by atoms with Gasteiger partial charge in [0.1, 0.15) is 18.7 Å². The summed E-state index contributed by atoms with van der Waals surface area (Å²) in [6.45, 7) is -0.873. The predicted molar refractivity (Wildman–Crippen MR) is 94.9 cm³/mol. The van der Waals surface area contributed by atoms with E-state index in [1.54, 1.807) is 43.1 Å². The van der Waals surface area contributed by atoms with Crippen LogP contribution in [0.1, 0.15) is 11.1 Å². The Morgan fingerprint density at radius 2 is 1.62 bits per heavy atom. The van der Waals surface area contributed by atoms with E-state index in [9.17, 15) is 22.0 Å². The maximum absolute atomic E-state index is 13.9. The molecule has 3 rings (SSSR count). The molecule has 0 unspecified atom stereocenters. The molecule has 0 atom stereocenters. The minimum Gasteiger partial charge on any atom is -0.488 e. The van der Waals surface area contributed by atoms with Crippen LogP contribution in [-0.2, 0) is 6.61 Å². The number of halogens is 5. The molecule has 0 fully saturated rings. The molecule has 0 saturated carbocycles. The summed E-state index contributed by atoms with van der Waals surface area (Å²) in [6.07, 6.45) is 4.65. The second-order valence-corrected chi connectivity index (χ2v) is 6.07. The first kappa shape index (κ1) is 20.3. The summed E-state index contributed by atoms with van der Waals surface area (Å²) in [4.78, 5) is 3.95. The van der Waals surface area contributed by atoms with E-state index >= 15 is 0 Å². The van der Waals surface area contributed by atoms with Crippen molar-refractivity contribution in [3.63, 3.8) is 0 Å². The lowest BCUT2D eigenvalue weighted by molar-refractivity contribution is 0.278. The second kappa shape index (κ2) is 8.29. The molecule has 0 radical (unpaired) electrons. The topological polar surface area (TPSA) is 42.6 Å². The van der Waals surface area contributed by atoms with Gasteiger partial charge in [-0.15, -0.1) is 0 Å². The zero-order valence-corrected chi connectivity index (χ0v) is 15.3. The van der Waals surface area contributed by atoms with Gasteiger partial charge in [-0.2, -0.15) is 5.10 Å². The predicted octanol–water partition coefficient (Wildman–Crippen LogP) is 3.93. The lowest BCUT2D eigenvalue weighted by Crippen LogP contribution is -2.18. The van der Waals surface area contributed by atoms with Gasteiger partial charge in [0.2, 0.25) is 5.82 Å². The largest absolute Gasteiger partial charge is 0.488 e. The summed E-state index contributed by atoms with van der Waals surface area (Å²) >= 11 is 0. The zero-order chi connectivity index (χ0) is 21.1. The molecule has 3 aromatic rings. The summed E-state index contributed by atoms with van der Waals surface area (Å²) < 4.78 is 74.9. The van der Waals surface area contributed by atoms with Crippen molar-refractivity contribution in [2.24, 2.45) is 5.10 Å². The lowest BCUT2D eigenvalue weighted by atomic mass is 10.1. The minimum atomic E-state index is -2.22. The first-order valence-electron chi connectivity index (χ1n) is 8.28. The molecule has 152 valence electrons. The molecular formula is C19H15F5N4O. The van der Waals surface area contributed by atoms with Gasteiger partial charge in [0.25, 0.3) is 0 Å². The number of para-hydroxylation sites is 1. The number of hydrazone groups is 1. The standard InChI is InChI=1S/C19H15F5N4O/c1-27(2)26-19(28-8-7-25-10-28)11-5-3-4-6-13(11)29-9-12-14(20)16(22)18(24)17(23)15(12)21/h3-8,10H,9H2,1-2H3. The third kappa shape index (κ3) is 4.05. The summed E-state index contributed by atoms with van der Waals surface area (Å²) in [7, 11) is 3.38. The van der Waals surface area contributed by atoms with E-state index in [0.717, 1.165) is 0 Å². The maximum Gasteiger partial charge on any atom is 0.200 e. The van der Waals surface area contributed by atoms with Gasteiger partial charge in [-0.05, 0) is 12.1 Å². The van der Waals surface area contributed by atoms with Crippen LogP contribution in [0.15, 0.2) is 48.1 Å². The summed E-state index contributed by atoms with van der Waals surface area (Å²) in [5.74, 6) is -9.63. The summed E-state index contributed by atoms with van der Waals surface area (Å²) in [6, 6.07) is 6.40. The molecule has 0 aliphatic carbocycles. The second-order valence-electron chi connectivity index (χ2n) is 6.07. The Bertz CT molecular complexity index is 1020. The Morgan fingerprint density at radius 1 is 1.00 bits per heavy atom. The van der Waals surface area contributed by atoms with Crippen LogP contribution < -0.4 is 4.74 Å². The highest BCUT2D eigenvalue weighted by Crippen LogP contribution is 2.26. The van der Waals surface area contributed by atoms with E-state index in [1.165, 1.54) is 23.6 Å². The highest BCUT2D eigenvalue weighted by atomic mass is 19.2. The van der Waals surface area contributed by atoms with Gasteiger partial charge in [-0.1, -0.05) is 12.1 Å². The van der Waals surface area contributed by atoms with Crippen LogP contribution >= 0.6 is 0 Å². The minimum absolute atomic E-state index is 0.130. The number of hydrogen-bond donors (Lipinski definition) is 0. The molecule has 0 N–H and O–H groups in total. The molecule has 1 heterocycles. The Kier molecular flexibility index (Phi) is 5.81. The fraction of sp³-hybridized carbons (Fsp3) is 0.158. The zero-order valence-electron chi connectivity index (χ0n) is 15.3. The monoisotopic (exact) mass is 410 g/mol. The molecule has 0 bridgehead atoms. The lowest BCUT2D eigenvalue weighted by Gasteiger charge is -2.16. The van der Waals surface area contributed by atoms with Crippen LogP contribution in [0.25, 0.3) is 0 Å². The van der Waals surface area contributed by atoms with Crippen LogP contribution in [0, 0.1) is 29.1 Å². The van der Waals surface area contributed by atoms with Crippen LogP contribution in [0.4, 0.5) is 22.0 Å². The van der Waals surface area contributed by atoms with E-state index in [1.807, 2.05) is 0 Å². The van der Waals surface area contributed by atoms with E-state index in [0.29, 0.717) is 11.4 Å². The van der Waals surface area contributed by atoms with Crippen molar-refractivity contribution >= 4 is 5.84 Å². The maximum atomic E-state index is 13.9. The van der Waals surface area contributed by atoms with Crippen molar-refractivity contribution in [3.05, 3.63) is 83.2 Å². The van der Waals surface area contributed by atoms with Crippen LogP contribution in [0.2, 0.25) is 0 Å². The molecule has 0 amide bonds. The van der Waals surface area contributed by atoms with Gasteiger partial charge in [0.15, 0.2) is 29.1 Å². The van der Waals surface area contributed by atoms with Crippen LogP contribution in [0.3, 0.4) is 0 Å². The molecule has 2 aromatic carbocycles. The van der Waals surface area contributed by atoms with Crippen LogP contribution in [-0.4, -0.2) is 34.5 Å². The molecule has 1 aromatic heterocycles. The van der Waals surface area contributed by atoms with E-state index in [4.69, 9.17) is 4.74 Å². The van der Waals surface area contributed by atoms with Crippen molar-refractivity contribution in [2.45, 2.75) is 6.61 Å². The number of benzene rings is 2. The molecule has 5 nitrogen and oxygen atoms in total. The van der Waals surface area contributed by atoms with E-state index < -0.39 is 41.3 Å². The fourth-order valence-corrected chi connectivity index (χ4v) is 2.52. The number of nitrogens with zero attached hydrogens (tertiary/aromatic N) is 4. The van der Waals surface area contributed by atoms with Gasteiger partial charge in [-0.3, -0.25) is 4.57 Å². The van der Waals surface area contributed by atoms with Crippen molar-refractivity contribution in [3.8, 4) is 5.75 Å². The number of ether oxygens (including phenoxy) is 1. The third-order valence-electron chi connectivity index (χ3n) is 3.84. The SMILES string of the molecule is CN(C)N=C(c1ccccc1OCc1c(F)c(F)c(F)c(F)c1F)n1ccnc1. The Hall–Kier alpha value is -3.43. The highest BCUT2D eigenvalue weighted by Gasteiger charge is 2.26. The molecule has 0 aliphatic heterocycles. The fourth-order valence-electron chi connectivity index (χ4n) is 2.52. The average Bonchev–Trinajstić information content (AvgIpc) is 3.24. The molecule has 0 spiro atoms. The van der Waals surface area contributed by atoms with Crippen molar-refractivity contribution in [1.82, 2.24) is 14.6 Å². The number of aromatic nitrogens is 2. The Balaban J connectivity index is 1.99.